The van der Waals surface area contributed by atoms with Crippen molar-refractivity contribution in [3.63, 3.8) is 0 Å². The summed E-state index contributed by atoms with van der Waals surface area (Å²) in [7, 11) is 3.43. The lowest BCUT2D eigenvalue weighted by molar-refractivity contribution is 0.321. The summed E-state index contributed by atoms with van der Waals surface area (Å²) in [5.41, 5.74) is 0. The van der Waals surface area contributed by atoms with Crippen molar-refractivity contribution in [2.24, 2.45) is 4.99 Å². The summed E-state index contributed by atoms with van der Waals surface area (Å²) in [4.78, 5) is 4.19. The van der Waals surface area contributed by atoms with Gasteiger partial charge >= 0.3 is 0 Å². The van der Waals surface area contributed by atoms with Gasteiger partial charge < -0.3 is 20.1 Å². The van der Waals surface area contributed by atoms with Gasteiger partial charge in [0.2, 0.25) is 0 Å². The van der Waals surface area contributed by atoms with Crippen LogP contribution in [0.25, 0.3) is 0 Å². The average Bonchev–Trinajstić information content (AvgIpc) is 2.57. The van der Waals surface area contributed by atoms with Gasteiger partial charge in [0.25, 0.3) is 0 Å². The van der Waals surface area contributed by atoms with Crippen molar-refractivity contribution in [2.45, 2.75) is 12.8 Å². The van der Waals surface area contributed by atoms with Crippen LogP contribution in [-0.4, -0.2) is 51.8 Å². The van der Waals surface area contributed by atoms with Crippen LogP contribution in [0, 0.1) is 0 Å². The fourth-order valence-electron chi connectivity index (χ4n) is 1.81. The number of benzene rings is 1. The number of unbranched alkanes of at least 4 members (excludes halogenated alkanes) is 1. The highest BCUT2D eigenvalue weighted by molar-refractivity contribution is 14.0. The van der Waals surface area contributed by atoms with E-state index in [9.17, 15) is 0 Å². The van der Waals surface area contributed by atoms with Crippen molar-refractivity contribution < 1.29 is 9.47 Å². The third-order valence-electron chi connectivity index (χ3n) is 3.01. The zero-order valence-corrected chi connectivity index (χ0v) is 17.3. The molecule has 0 saturated carbocycles. The van der Waals surface area contributed by atoms with E-state index in [4.69, 9.17) is 9.47 Å². The molecular formula is C16H28IN3O2S. The molecule has 0 aliphatic heterocycles. The van der Waals surface area contributed by atoms with E-state index < -0.39 is 0 Å². The SMILES string of the molecule is CN=C(NCCCCSC)NCCOc1ccc(OC)cc1.I. The van der Waals surface area contributed by atoms with Crippen molar-refractivity contribution >= 4 is 41.7 Å². The molecule has 0 aliphatic rings. The summed E-state index contributed by atoms with van der Waals surface area (Å²) >= 11 is 1.89. The molecule has 0 spiro atoms. The number of methoxy groups -OCH3 is 1. The molecule has 0 heterocycles. The van der Waals surface area contributed by atoms with E-state index >= 15 is 0 Å². The second kappa shape index (κ2) is 14.7. The summed E-state index contributed by atoms with van der Waals surface area (Å²) in [6.45, 7) is 2.23. The summed E-state index contributed by atoms with van der Waals surface area (Å²) in [6, 6.07) is 7.57. The predicted molar refractivity (Wildman–Crippen MR) is 111 cm³/mol. The van der Waals surface area contributed by atoms with Gasteiger partial charge in [-0.15, -0.1) is 24.0 Å². The van der Waals surface area contributed by atoms with Crippen LogP contribution in [0.2, 0.25) is 0 Å². The van der Waals surface area contributed by atoms with Gasteiger partial charge in [0.1, 0.15) is 18.1 Å². The van der Waals surface area contributed by atoms with E-state index in [-0.39, 0.29) is 24.0 Å². The fraction of sp³-hybridized carbons (Fsp3) is 0.562. The van der Waals surface area contributed by atoms with E-state index in [0.29, 0.717) is 13.2 Å². The topological polar surface area (TPSA) is 54.9 Å². The van der Waals surface area contributed by atoms with E-state index in [1.54, 1.807) is 14.2 Å². The summed E-state index contributed by atoms with van der Waals surface area (Å²) in [5, 5.41) is 6.54. The molecule has 0 bridgehead atoms. The zero-order chi connectivity index (χ0) is 16.0. The van der Waals surface area contributed by atoms with Crippen LogP contribution in [0.3, 0.4) is 0 Å². The first-order chi connectivity index (χ1) is 10.8. The molecule has 1 aromatic rings. The fourth-order valence-corrected chi connectivity index (χ4v) is 2.30. The maximum atomic E-state index is 5.65. The van der Waals surface area contributed by atoms with Gasteiger partial charge in [-0.05, 0) is 49.1 Å². The standard InChI is InChI=1S/C16H27N3O2S.HI/c1-17-16(18-10-4-5-13-22-3)19-11-12-21-15-8-6-14(20-2)7-9-15;/h6-9H,4-5,10-13H2,1-3H3,(H2,17,18,19);1H. The van der Waals surface area contributed by atoms with Gasteiger partial charge in [0.05, 0.1) is 13.7 Å². The molecule has 2 N–H and O–H groups in total. The lowest BCUT2D eigenvalue weighted by Crippen LogP contribution is -2.39. The number of halogens is 1. The second-order valence-corrected chi connectivity index (χ2v) is 5.64. The Balaban J connectivity index is 0.00000484. The number of aliphatic imine (C=N–C) groups is 1. The van der Waals surface area contributed by atoms with Crippen LogP contribution in [-0.2, 0) is 0 Å². The number of hydrogen-bond donors (Lipinski definition) is 2. The Morgan fingerprint density at radius 1 is 1.09 bits per heavy atom. The summed E-state index contributed by atoms with van der Waals surface area (Å²) in [5.74, 6) is 3.70. The van der Waals surface area contributed by atoms with E-state index in [1.807, 2.05) is 36.0 Å². The Hall–Kier alpha value is -0.830. The highest BCUT2D eigenvalue weighted by atomic mass is 127. The number of guanidine groups is 1. The van der Waals surface area contributed by atoms with E-state index in [1.165, 1.54) is 12.2 Å². The number of nitrogens with one attached hydrogen (secondary N) is 2. The highest BCUT2D eigenvalue weighted by Gasteiger charge is 1.98. The van der Waals surface area contributed by atoms with Crippen LogP contribution in [0.1, 0.15) is 12.8 Å². The minimum absolute atomic E-state index is 0. The van der Waals surface area contributed by atoms with Crippen molar-refractivity contribution in [1.82, 2.24) is 10.6 Å². The van der Waals surface area contributed by atoms with Crippen LogP contribution in [0.15, 0.2) is 29.3 Å². The normalized spacial score (nSPS) is 10.7. The van der Waals surface area contributed by atoms with Crippen LogP contribution in [0.5, 0.6) is 11.5 Å². The largest absolute Gasteiger partial charge is 0.497 e. The van der Waals surface area contributed by atoms with Gasteiger partial charge in [-0.2, -0.15) is 11.8 Å². The van der Waals surface area contributed by atoms with E-state index in [2.05, 4.69) is 21.9 Å². The first-order valence-electron chi connectivity index (χ1n) is 7.50. The molecule has 23 heavy (non-hydrogen) atoms. The Bertz CT molecular complexity index is 430. The molecular weight excluding hydrogens is 425 g/mol. The zero-order valence-electron chi connectivity index (χ0n) is 14.1. The molecule has 5 nitrogen and oxygen atoms in total. The molecule has 0 aromatic heterocycles. The first-order valence-corrected chi connectivity index (χ1v) is 8.90. The van der Waals surface area contributed by atoms with Crippen LogP contribution >= 0.6 is 35.7 Å². The Labute approximate surface area is 161 Å². The molecule has 7 heteroatoms. The van der Waals surface area contributed by atoms with Crippen LogP contribution < -0.4 is 20.1 Å². The molecule has 0 saturated heterocycles. The minimum atomic E-state index is 0. The maximum Gasteiger partial charge on any atom is 0.191 e. The third kappa shape index (κ3) is 10.5. The number of hydrogen-bond acceptors (Lipinski definition) is 4. The van der Waals surface area contributed by atoms with Gasteiger partial charge in [-0.25, -0.2) is 0 Å². The quantitative estimate of drug-likeness (QED) is 0.247. The molecule has 132 valence electrons. The molecule has 1 aromatic carbocycles. The van der Waals surface area contributed by atoms with Gasteiger partial charge in [0, 0.05) is 13.6 Å². The molecule has 0 unspecified atom stereocenters. The maximum absolute atomic E-state index is 5.65. The third-order valence-corrected chi connectivity index (χ3v) is 3.71. The highest BCUT2D eigenvalue weighted by Crippen LogP contribution is 2.16. The monoisotopic (exact) mass is 453 g/mol. The molecule has 0 fully saturated rings. The predicted octanol–water partition coefficient (Wildman–Crippen LogP) is 3.00. The molecule has 0 amide bonds. The number of nitrogens with zero attached hydrogens (tertiary/aromatic N) is 1. The Kier molecular flexibility index (Phi) is 14.2. The average molecular weight is 453 g/mol. The van der Waals surface area contributed by atoms with Gasteiger partial charge in [-0.1, -0.05) is 0 Å². The van der Waals surface area contributed by atoms with Crippen molar-refractivity contribution in [1.29, 1.82) is 0 Å². The molecule has 0 atom stereocenters. The molecule has 0 radical (unpaired) electrons. The lowest BCUT2D eigenvalue weighted by Gasteiger charge is -2.12. The van der Waals surface area contributed by atoms with Crippen LogP contribution in [0.4, 0.5) is 0 Å². The van der Waals surface area contributed by atoms with Crippen molar-refractivity contribution in [3.8, 4) is 11.5 Å². The first kappa shape index (κ1) is 22.2. The Morgan fingerprint density at radius 3 is 2.35 bits per heavy atom. The molecule has 0 aliphatic carbocycles. The van der Waals surface area contributed by atoms with Crippen molar-refractivity contribution in [2.75, 3.05) is 45.9 Å². The smallest absolute Gasteiger partial charge is 0.191 e. The number of thioether (sulfide) groups is 1. The summed E-state index contributed by atoms with van der Waals surface area (Å²) in [6.07, 6.45) is 4.52. The summed E-state index contributed by atoms with van der Waals surface area (Å²) < 4.78 is 10.8. The lowest BCUT2D eigenvalue weighted by atomic mass is 10.3. The van der Waals surface area contributed by atoms with Crippen molar-refractivity contribution in [3.05, 3.63) is 24.3 Å². The van der Waals surface area contributed by atoms with Gasteiger partial charge in [-0.3, -0.25) is 4.99 Å². The molecule has 1 rings (SSSR count). The van der Waals surface area contributed by atoms with E-state index in [0.717, 1.165) is 30.4 Å². The Morgan fingerprint density at radius 2 is 1.74 bits per heavy atom. The second-order valence-electron chi connectivity index (χ2n) is 4.65. The number of ether oxygens (including phenoxy) is 2. The minimum Gasteiger partial charge on any atom is -0.497 e. The van der Waals surface area contributed by atoms with Gasteiger partial charge in [0.15, 0.2) is 5.96 Å². The number of rotatable bonds is 10.